The maximum Gasteiger partial charge on any atom is 0.310 e. The highest BCUT2D eigenvalue weighted by atomic mass is 32.2. The number of nitro benzene ring substituents is 2. The van der Waals surface area contributed by atoms with Crippen LogP contribution in [0.25, 0.3) is 0 Å². The predicted octanol–water partition coefficient (Wildman–Crippen LogP) is 5.33. The molecule has 4 rings (SSSR count). The zero-order chi connectivity index (χ0) is 26.7. The van der Waals surface area contributed by atoms with Gasteiger partial charge in [-0.15, -0.1) is 0 Å². The molecule has 0 aliphatic rings. The monoisotopic (exact) mass is 524 g/mol. The molecule has 188 valence electrons. The lowest BCUT2D eigenvalue weighted by molar-refractivity contribution is -0.386. The van der Waals surface area contributed by atoms with Crippen molar-refractivity contribution in [2.45, 2.75) is 9.79 Å². The van der Waals surface area contributed by atoms with Crippen LogP contribution in [0.5, 0.6) is 34.5 Å². The molecule has 13 heteroatoms. The molecule has 0 aromatic heterocycles. The van der Waals surface area contributed by atoms with E-state index in [1.165, 1.54) is 60.7 Å². The number of phenols is 2. The summed E-state index contributed by atoms with van der Waals surface area (Å²) >= 11 is 0. The predicted molar refractivity (Wildman–Crippen MR) is 128 cm³/mol. The Morgan fingerprint density at radius 2 is 0.892 bits per heavy atom. The van der Waals surface area contributed by atoms with Gasteiger partial charge in [0, 0.05) is 24.3 Å². The highest BCUT2D eigenvalue weighted by Gasteiger charge is 2.19. The molecule has 0 aliphatic carbocycles. The van der Waals surface area contributed by atoms with Crippen LogP contribution in [-0.4, -0.2) is 28.5 Å². The second-order valence-corrected chi connectivity index (χ2v) is 9.42. The van der Waals surface area contributed by atoms with Gasteiger partial charge in [0.2, 0.25) is 9.84 Å². The van der Waals surface area contributed by atoms with Crippen LogP contribution >= 0.6 is 0 Å². The minimum atomic E-state index is -3.90. The Balaban J connectivity index is 1.47. The SMILES string of the molecule is O=[N+]([O-])c1ccc(Oc2ccc(S(=O)(=O)c3ccc(Oc4ccc([N+](=O)[O-])c(O)c4)cc3)cc2)cc1O. The summed E-state index contributed by atoms with van der Waals surface area (Å²) in [6, 6.07) is 17.8. The molecular formula is C24H16N2O10S. The van der Waals surface area contributed by atoms with Crippen molar-refractivity contribution < 1.29 is 38.0 Å². The third-order valence-electron chi connectivity index (χ3n) is 5.03. The third kappa shape index (κ3) is 5.41. The van der Waals surface area contributed by atoms with E-state index < -0.39 is 42.6 Å². The van der Waals surface area contributed by atoms with Crippen molar-refractivity contribution in [2.75, 3.05) is 0 Å². The number of phenolic OH excluding ortho intramolecular Hbond substituents is 2. The molecule has 4 aromatic rings. The molecule has 12 nitrogen and oxygen atoms in total. The number of hydrogen-bond donors (Lipinski definition) is 2. The third-order valence-corrected chi connectivity index (χ3v) is 6.81. The highest BCUT2D eigenvalue weighted by molar-refractivity contribution is 7.91. The molecule has 0 spiro atoms. The molecule has 0 radical (unpaired) electrons. The first-order chi connectivity index (χ1) is 17.5. The first-order valence-electron chi connectivity index (χ1n) is 10.3. The van der Waals surface area contributed by atoms with Crippen molar-refractivity contribution in [1.29, 1.82) is 0 Å². The summed E-state index contributed by atoms with van der Waals surface area (Å²) in [6.45, 7) is 0. The smallest absolute Gasteiger partial charge is 0.310 e. The number of hydrogen-bond acceptors (Lipinski definition) is 10. The van der Waals surface area contributed by atoms with E-state index in [1.54, 1.807) is 0 Å². The Bertz CT molecular complexity index is 1490. The first kappa shape index (κ1) is 24.9. The van der Waals surface area contributed by atoms with Crippen molar-refractivity contribution >= 4 is 21.2 Å². The zero-order valence-corrected chi connectivity index (χ0v) is 19.4. The van der Waals surface area contributed by atoms with Crippen LogP contribution < -0.4 is 9.47 Å². The molecule has 0 saturated heterocycles. The number of benzene rings is 4. The van der Waals surface area contributed by atoms with Crippen LogP contribution in [0.1, 0.15) is 0 Å². The second kappa shape index (κ2) is 9.83. The summed E-state index contributed by atoms with van der Waals surface area (Å²) in [5.41, 5.74) is -0.952. The van der Waals surface area contributed by atoms with Gasteiger partial charge in [-0.2, -0.15) is 0 Å². The quantitative estimate of drug-likeness (QED) is 0.226. The van der Waals surface area contributed by atoms with Gasteiger partial charge in [0.1, 0.15) is 23.0 Å². The van der Waals surface area contributed by atoms with E-state index in [9.17, 15) is 38.9 Å². The number of rotatable bonds is 8. The Hall–Kier alpha value is -5.17. The van der Waals surface area contributed by atoms with E-state index in [0.29, 0.717) is 0 Å². The lowest BCUT2D eigenvalue weighted by Crippen LogP contribution is -2.01. The highest BCUT2D eigenvalue weighted by Crippen LogP contribution is 2.34. The summed E-state index contributed by atoms with van der Waals surface area (Å²) < 4.78 is 37.0. The fraction of sp³-hybridized carbons (Fsp3) is 0. The molecule has 0 saturated carbocycles. The molecule has 37 heavy (non-hydrogen) atoms. The molecule has 2 N–H and O–H groups in total. The minimum absolute atomic E-state index is 0.0274. The van der Waals surface area contributed by atoms with Crippen molar-refractivity contribution in [3.8, 4) is 34.5 Å². The number of nitro groups is 2. The summed E-state index contributed by atoms with van der Waals surface area (Å²) in [7, 11) is -3.90. The van der Waals surface area contributed by atoms with Crippen LogP contribution in [-0.2, 0) is 9.84 Å². The molecule has 0 heterocycles. The molecule has 0 unspecified atom stereocenters. The number of ether oxygens (including phenoxy) is 2. The largest absolute Gasteiger partial charge is 0.502 e. The van der Waals surface area contributed by atoms with Crippen molar-refractivity contribution in [3.05, 3.63) is 105 Å². The van der Waals surface area contributed by atoms with Gasteiger partial charge in [0.15, 0.2) is 11.5 Å². The summed E-state index contributed by atoms with van der Waals surface area (Å²) in [5, 5.41) is 41.0. The molecular weight excluding hydrogens is 508 g/mol. The Morgan fingerprint density at radius 1 is 0.568 bits per heavy atom. The van der Waals surface area contributed by atoms with Gasteiger partial charge >= 0.3 is 11.4 Å². The van der Waals surface area contributed by atoms with Crippen LogP contribution in [0, 0.1) is 20.2 Å². The maximum atomic E-state index is 13.0. The Morgan fingerprint density at radius 3 is 1.19 bits per heavy atom. The Kier molecular flexibility index (Phi) is 6.63. The van der Waals surface area contributed by atoms with Gasteiger partial charge in [0.05, 0.1) is 19.6 Å². The number of sulfone groups is 1. The van der Waals surface area contributed by atoms with Gasteiger partial charge in [-0.3, -0.25) is 20.2 Å². The van der Waals surface area contributed by atoms with Crippen LogP contribution in [0.2, 0.25) is 0 Å². The van der Waals surface area contributed by atoms with E-state index in [0.717, 1.165) is 24.3 Å². The molecule has 0 amide bonds. The average molecular weight is 524 g/mol. The van der Waals surface area contributed by atoms with Crippen molar-refractivity contribution in [1.82, 2.24) is 0 Å². The van der Waals surface area contributed by atoms with E-state index in [2.05, 4.69) is 0 Å². The van der Waals surface area contributed by atoms with Gasteiger partial charge in [-0.05, 0) is 60.7 Å². The van der Waals surface area contributed by atoms with E-state index in [1.807, 2.05) is 0 Å². The minimum Gasteiger partial charge on any atom is -0.502 e. The standard InChI is InChI=1S/C24H16N2O10S/c27-23-13-17(5-11-21(23)25(29)30)35-15-1-7-19(8-2-15)37(33,34)20-9-3-16(4-10-20)36-18-6-12-22(26(31)32)24(28)14-18/h1-14,27-28H. The van der Waals surface area contributed by atoms with Gasteiger partial charge in [0.25, 0.3) is 0 Å². The first-order valence-corrected chi connectivity index (χ1v) is 11.8. The van der Waals surface area contributed by atoms with Crippen LogP contribution in [0.3, 0.4) is 0 Å². The fourth-order valence-corrected chi connectivity index (χ4v) is 4.49. The van der Waals surface area contributed by atoms with Crippen molar-refractivity contribution in [3.63, 3.8) is 0 Å². The molecule has 0 bridgehead atoms. The summed E-state index contributed by atoms with van der Waals surface area (Å²) in [6.07, 6.45) is 0. The summed E-state index contributed by atoms with van der Waals surface area (Å²) in [5.74, 6) is -0.421. The van der Waals surface area contributed by atoms with E-state index >= 15 is 0 Å². The molecule has 0 atom stereocenters. The van der Waals surface area contributed by atoms with Gasteiger partial charge < -0.3 is 19.7 Å². The van der Waals surface area contributed by atoms with Crippen LogP contribution in [0.4, 0.5) is 11.4 Å². The average Bonchev–Trinajstić information content (AvgIpc) is 2.84. The zero-order valence-electron chi connectivity index (χ0n) is 18.5. The Labute approximate surface area is 208 Å². The van der Waals surface area contributed by atoms with Gasteiger partial charge in [-0.1, -0.05) is 0 Å². The van der Waals surface area contributed by atoms with Crippen LogP contribution in [0.15, 0.2) is 94.7 Å². The van der Waals surface area contributed by atoms with Crippen molar-refractivity contribution in [2.24, 2.45) is 0 Å². The summed E-state index contributed by atoms with van der Waals surface area (Å²) in [4.78, 5) is 20.1. The topological polar surface area (TPSA) is 179 Å². The molecule has 0 aliphatic heterocycles. The molecule has 0 fully saturated rings. The second-order valence-electron chi connectivity index (χ2n) is 7.47. The lowest BCUT2D eigenvalue weighted by Gasteiger charge is -2.10. The maximum absolute atomic E-state index is 13.0. The number of nitrogens with zero attached hydrogens (tertiary/aromatic N) is 2. The fourth-order valence-electron chi connectivity index (χ4n) is 3.22. The number of aromatic hydroxyl groups is 2. The van der Waals surface area contributed by atoms with E-state index in [4.69, 9.17) is 9.47 Å². The molecule has 4 aromatic carbocycles. The van der Waals surface area contributed by atoms with Gasteiger partial charge in [-0.25, -0.2) is 8.42 Å². The normalized spacial score (nSPS) is 11.0. The lowest BCUT2D eigenvalue weighted by atomic mass is 10.3. The van der Waals surface area contributed by atoms with E-state index in [-0.39, 0.29) is 32.8 Å².